The van der Waals surface area contributed by atoms with E-state index in [9.17, 15) is 0 Å². The van der Waals surface area contributed by atoms with Crippen LogP contribution in [0.1, 0.15) is 20.3 Å². The summed E-state index contributed by atoms with van der Waals surface area (Å²) in [6.07, 6.45) is 1.04. The van der Waals surface area contributed by atoms with Crippen molar-refractivity contribution in [3.05, 3.63) is 0 Å². The lowest BCUT2D eigenvalue weighted by molar-refractivity contribution is -0.0329. The topological polar surface area (TPSA) is 36.9 Å². The van der Waals surface area contributed by atoms with Crippen molar-refractivity contribution in [2.75, 3.05) is 27.6 Å². The minimum absolute atomic E-state index is 0.247. The van der Waals surface area contributed by atoms with Gasteiger partial charge in [0.15, 0.2) is 0 Å². The van der Waals surface area contributed by atoms with E-state index in [2.05, 4.69) is 13.8 Å². The fraction of sp³-hybridized carbons (Fsp3) is 1.00. The molecule has 0 aliphatic rings. The van der Waals surface area contributed by atoms with E-state index in [4.69, 9.17) is 18.0 Å². The summed E-state index contributed by atoms with van der Waals surface area (Å²) in [5.74, 6) is 0.656. The van der Waals surface area contributed by atoms with Crippen LogP contribution in [-0.2, 0) is 18.0 Å². The normalized spacial score (nSPS) is 12.4. The molecule has 4 nitrogen and oxygen atoms in total. The quantitative estimate of drug-likeness (QED) is 0.357. The molecule has 0 unspecified atom stereocenters. The lowest BCUT2D eigenvalue weighted by Crippen LogP contribution is -2.40. The Balaban J connectivity index is 3.43. The van der Waals surface area contributed by atoms with Gasteiger partial charge in [-0.25, -0.2) is 0 Å². The predicted molar refractivity (Wildman–Crippen MR) is 57.0 cm³/mol. The molecule has 0 atom stereocenters. The van der Waals surface area contributed by atoms with E-state index >= 15 is 0 Å². The average Bonchev–Trinajstić information content (AvgIpc) is 2.16. The van der Waals surface area contributed by atoms with E-state index in [1.807, 2.05) is 6.55 Å². The highest BCUT2D eigenvalue weighted by Crippen LogP contribution is 2.06. The van der Waals surface area contributed by atoms with Crippen LogP contribution < -0.4 is 0 Å². The first-order valence-electron chi connectivity index (χ1n) is 4.86. The van der Waals surface area contributed by atoms with E-state index in [1.165, 1.54) is 0 Å². The van der Waals surface area contributed by atoms with Gasteiger partial charge in [0.25, 0.3) is 0 Å². The standard InChI is InChI=1S/C9H22O4Si/c1-9(2)6-7-12-8-13-14(5,10-3)11-4/h9H,6-8H2,1-5H3. The molecule has 5 heteroatoms. The third-order valence-corrected chi connectivity index (χ3v) is 4.11. The van der Waals surface area contributed by atoms with Crippen LogP contribution in [-0.4, -0.2) is 36.4 Å². The van der Waals surface area contributed by atoms with Crippen molar-refractivity contribution in [2.24, 2.45) is 5.92 Å². The Morgan fingerprint density at radius 3 is 2.14 bits per heavy atom. The number of hydrogen-bond donors (Lipinski definition) is 0. The Bertz CT molecular complexity index is 137. The Labute approximate surface area is 87.9 Å². The highest BCUT2D eigenvalue weighted by molar-refractivity contribution is 6.59. The van der Waals surface area contributed by atoms with E-state index in [0.717, 1.165) is 13.0 Å². The first-order valence-corrected chi connectivity index (χ1v) is 7.08. The summed E-state index contributed by atoms with van der Waals surface area (Å²) >= 11 is 0. The van der Waals surface area contributed by atoms with Crippen molar-refractivity contribution in [3.63, 3.8) is 0 Å². The molecule has 0 aliphatic heterocycles. The van der Waals surface area contributed by atoms with Crippen molar-refractivity contribution >= 4 is 8.80 Å². The first kappa shape index (κ1) is 14.1. The Hall–Kier alpha value is 0.0569. The smallest absolute Gasteiger partial charge is 0.377 e. The lowest BCUT2D eigenvalue weighted by Gasteiger charge is -2.21. The van der Waals surface area contributed by atoms with E-state index in [1.54, 1.807) is 14.2 Å². The number of hydrogen-bond acceptors (Lipinski definition) is 4. The van der Waals surface area contributed by atoms with Crippen molar-refractivity contribution in [1.82, 2.24) is 0 Å². The molecular weight excluding hydrogens is 200 g/mol. The Kier molecular flexibility index (Phi) is 7.39. The lowest BCUT2D eigenvalue weighted by atomic mass is 10.1. The average molecular weight is 222 g/mol. The SMILES string of the molecule is CO[Si](C)(OC)OCOCCC(C)C. The molecule has 0 N–H and O–H groups in total. The van der Waals surface area contributed by atoms with E-state index < -0.39 is 8.80 Å². The molecule has 0 aromatic heterocycles. The summed E-state index contributed by atoms with van der Waals surface area (Å²) < 4.78 is 20.9. The van der Waals surface area contributed by atoms with Crippen LogP contribution in [0.4, 0.5) is 0 Å². The monoisotopic (exact) mass is 222 g/mol. The van der Waals surface area contributed by atoms with E-state index in [-0.39, 0.29) is 6.79 Å². The van der Waals surface area contributed by atoms with Gasteiger partial charge in [-0.3, -0.25) is 0 Å². The van der Waals surface area contributed by atoms with Crippen molar-refractivity contribution in [3.8, 4) is 0 Å². The highest BCUT2D eigenvalue weighted by atomic mass is 28.4. The third-order valence-electron chi connectivity index (χ3n) is 1.99. The van der Waals surface area contributed by atoms with Crippen LogP contribution in [0.25, 0.3) is 0 Å². The van der Waals surface area contributed by atoms with Crippen LogP contribution in [0.5, 0.6) is 0 Å². The van der Waals surface area contributed by atoms with Crippen LogP contribution in [0.3, 0.4) is 0 Å². The zero-order chi connectivity index (χ0) is 11.0. The Morgan fingerprint density at radius 2 is 1.71 bits per heavy atom. The molecule has 0 amide bonds. The highest BCUT2D eigenvalue weighted by Gasteiger charge is 2.31. The van der Waals surface area contributed by atoms with Gasteiger partial charge in [0.1, 0.15) is 6.79 Å². The number of ether oxygens (including phenoxy) is 1. The molecule has 0 saturated heterocycles. The molecule has 0 spiro atoms. The molecule has 0 bridgehead atoms. The predicted octanol–water partition coefficient (Wildman–Crippen LogP) is 1.88. The maximum atomic E-state index is 5.38. The zero-order valence-electron chi connectivity index (χ0n) is 9.83. The van der Waals surface area contributed by atoms with Crippen LogP contribution in [0.2, 0.25) is 6.55 Å². The van der Waals surface area contributed by atoms with Crippen LogP contribution in [0, 0.1) is 5.92 Å². The summed E-state index contributed by atoms with van der Waals surface area (Å²) in [7, 11) is 0.775. The van der Waals surface area contributed by atoms with Gasteiger partial charge in [-0.2, -0.15) is 0 Å². The van der Waals surface area contributed by atoms with Gasteiger partial charge in [-0.1, -0.05) is 13.8 Å². The van der Waals surface area contributed by atoms with Gasteiger partial charge in [0.2, 0.25) is 0 Å². The van der Waals surface area contributed by atoms with Gasteiger partial charge < -0.3 is 18.0 Å². The molecule has 0 aromatic rings. The molecule has 86 valence electrons. The van der Waals surface area contributed by atoms with Gasteiger partial charge in [-0.05, 0) is 12.3 Å². The molecular formula is C9H22O4Si. The van der Waals surface area contributed by atoms with Gasteiger partial charge in [-0.15, -0.1) is 0 Å². The molecule has 0 heterocycles. The zero-order valence-corrected chi connectivity index (χ0v) is 10.8. The molecule has 0 radical (unpaired) electrons. The minimum atomic E-state index is -2.40. The molecule has 0 aromatic carbocycles. The molecule has 14 heavy (non-hydrogen) atoms. The van der Waals surface area contributed by atoms with Gasteiger partial charge >= 0.3 is 8.80 Å². The second-order valence-corrected chi connectivity index (χ2v) is 6.45. The van der Waals surface area contributed by atoms with Gasteiger partial charge in [0.05, 0.1) is 0 Å². The summed E-state index contributed by atoms with van der Waals surface area (Å²) in [5, 5.41) is 0. The van der Waals surface area contributed by atoms with Crippen molar-refractivity contribution in [1.29, 1.82) is 0 Å². The Morgan fingerprint density at radius 1 is 1.14 bits per heavy atom. The summed E-state index contributed by atoms with van der Waals surface area (Å²) in [5.41, 5.74) is 0. The third kappa shape index (κ3) is 6.50. The van der Waals surface area contributed by atoms with Crippen LogP contribution >= 0.6 is 0 Å². The first-order chi connectivity index (χ1) is 6.54. The maximum Gasteiger partial charge on any atom is 0.498 e. The molecule has 0 aliphatic carbocycles. The summed E-state index contributed by atoms with van der Waals surface area (Å²) in [6.45, 7) is 7.12. The molecule has 0 saturated carbocycles. The second-order valence-electron chi connectivity index (χ2n) is 3.62. The maximum absolute atomic E-state index is 5.38. The molecule has 0 rings (SSSR count). The summed E-state index contributed by atoms with van der Waals surface area (Å²) in [4.78, 5) is 0. The fourth-order valence-corrected chi connectivity index (χ4v) is 1.43. The largest absolute Gasteiger partial charge is 0.498 e. The molecule has 0 fully saturated rings. The van der Waals surface area contributed by atoms with Gasteiger partial charge in [0, 0.05) is 27.4 Å². The van der Waals surface area contributed by atoms with E-state index in [0.29, 0.717) is 5.92 Å². The van der Waals surface area contributed by atoms with Crippen molar-refractivity contribution < 1.29 is 18.0 Å². The minimum Gasteiger partial charge on any atom is -0.377 e. The second kappa shape index (κ2) is 7.36. The fourth-order valence-electron chi connectivity index (χ4n) is 0.728. The van der Waals surface area contributed by atoms with Crippen molar-refractivity contribution in [2.45, 2.75) is 26.8 Å². The van der Waals surface area contributed by atoms with Crippen LogP contribution in [0.15, 0.2) is 0 Å². The number of rotatable bonds is 8. The summed E-state index contributed by atoms with van der Waals surface area (Å²) in [6, 6.07) is 0.